The molecule has 0 bridgehead atoms. The van der Waals surface area contributed by atoms with Crippen LogP contribution in [-0.2, 0) is 37.4 Å². The van der Waals surface area contributed by atoms with Gasteiger partial charge in [0.2, 0.25) is 27.7 Å². The molecule has 12 nitrogen and oxygen atoms in total. The van der Waals surface area contributed by atoms with Crippen LogP contribution in [0.4, 0.5) is 0 Å². The number of carbonyl (C=O) groups is 3. The lowest BCUT2D eigenvalue weighted by molar-refractivity contribution is -0.130. The van der Waals surface area contributed by atoms with Crippen molar-refractivity contribution in [2.75, 3.05) is 12.4 Å². The van der Waals surface area contributed by atoms with Crippen molar-refractivity contribution in [1.29, 1.82) is 5.41 Å². The monoisotopic (exact) mass is 560 g/mol. The molecule has 2 rings (SSSR count). The number of benzene rings is 2. The van der Waals surface area contributed by atoms with E-state index in [0.29, 0.717) is 23.5 Å². The van der Waals surface area contributed by atoms with Gasteiger partial charge in [-0.25, -0.2) is 13.1 Å². The van der Waals surface area contributed by atoms with Crippen LogP contribution in [0, 0.1) is 5.41 Å². The highest BCUT2D eigenvalue weighted by atomic mass is 32.2. The highest BCUT2D eigenvalue weighted by Crippen LogP contribution is 2.14. The molecule has 2 atom stereocenters. The van der Waals surface area contributed by atoms with Crippen LogP contribution < -0.4 is 31.6 Å². The Labute approximate surface area is 228 Å². The summed E-state index contributed by atoms with van der Waals surface area (Å²) in [6.07, 6.45) is -0.230. The summed E-state index contributed by atoms with van der Waals surface area (Å²) in [5.41, 5.74) is 12.6. The first-order chi connectivity index (χ1) is 18.4. The Morgan fingerprint density at radius 2 is 1.54 bits per heavy atom. The van der Waals surface area contributed by atoms with E-state index < -0.39 is 39.8 Å². The molecule has 0 spiro atoms. The Balaban J connectivity index is 2.18. The van der Waals surface area contributed by atoms with Crippen LogP contribution in [-0.4, -0.2) is 56.4 Å². The lowest BCUT2D eigenvalue weighted by Crippen LogP contribution is -2.54. The molecule has 3 amide bonds. The Kier molecular flexibility index (Phi) is 11.9. The normalized spacial score (nSPS) is 12.7. The van der Waals surface area contributed by atoms with Gasteiger partial charge in [0.05, 0.1) is 12.4 Å². The number of sulfonamides is 1. The molecule has 0 aliphatic heterocycles. The third-order valence-corrected chi connectivity index (χ3v) is 7.14. The summed E-state index contributed by atoms with van der Waals surface area (Å²) in [5, 5.41) is 12.7. The number of amides is 3. The molecule has 0 aliphatic carbocycles. The number of hydrogen-bond acceptors (Lipinski definition) is 7. The summed E-state index contributed by atoms with van der Waals surface area (Å²) >= 11 is 0. The van der Waals surface area contributed by atoms with Crippen LogP contribution in [0.25, 0.3) is 0 Å². The Morgan fingerprint density at radius 1 is 0.923 bits per heavy atom. The van der Waals surface area contributed by atoms with Gasteiger partial charge < -0.3 is 26.8 Å². The summed E-state index contributed by atoms with van der Waals surface area (Å²) in [6, 6.07) is 11.2. The molecule has 0 aliphatic rings. The van der Waals surface area contributed by atoms with Crippen LogP contribution in [0.3, 0.4) is 0 Å². The molecule has 39 heavy (non-hydrogen) atoms. The summed E-state index contributed by atoms with van der Waals surface area (Å²) in [4.78, 5) is 37.6. The molecule has 0 unspecified atom stereocenters. The van der Waals surface area contributed by atoms with Gasteiger partial charge in [-0.3, -0.25) is 19.8 Å². The highest BCUT2D eigenvalue weighted by Gasteiger charge is 2.28. The predicted octanol–water partition coefficient (Wildman–Crippen LogP) is 0.286. The third-order valence-electron chi connectivity index (χ3n) is 5.74. The van der Waals surface area contributed by atoms with Crippen molar-refractivity contribution in [2.45, 2.75) is 51.7 Å². The number of primary amides is 1. The van der Waals surface area contributed by atoms with Crippen molar-refractivity contribution in [3.8, 4) is 5.75 Å². The Hall–Kier alpha value is -3.97. The molecule has 8 N–H and O–H groups in total. The maximum atomic E-state index is 13.3. The molecule has 0 aromatic heterocycles. The van der Waals surface area contributed by atoms with E-state index >= 15 is 0 Å². The minimum atomic E-state index is -3.77. The van der Waals surface area contributed by atoms with Crippen molar-refractivity contribution in [1.82, 2.24) is 15.4 Å². The van der Waals surface area contributed by atoms with Crippen molar-refractivity contribution in [3.63, 3.8) is 0 Å². The molecular formula is C26H36N6O6S. The van der Waals surface area contributed by atoms with Gasteiger partial charge in [0.15, 0.2) is 0 Å². The summed E-state index contributed by atoms with van der Waals surface area (Å²) in [6.45, 7) is 3.89. The maximum Gasteiger partial charge on any atom is 0.242 e. The SMILES string of the molecule is CCOc1ccc(C[C@@H](NS(=O)(=O)CC)C(=O)N[C@@H](CCC(N)=O)C(=O)NCc2ccc(C(=N)N)cc2)cc1. The van der Waals surface area contributed by atoms with E-state index in [2.05, 4.69) is 15.4 Å². The first kappa shape index (κ1) is 31.2. The van der Waals surface area contributed by atoms with Gasteiger partial charge in [-0.1, -0.05) is 36.4 Å². The molecule has 2 aromatic carbocycles. The molecule has 13 heteroatoms. The van der Waals surface area contributed by atoms with E-state index in [9.17, 15) is 22.8 Å². The van der Waals surface area contributed by atoms with Crippen LogP contribution in [0.15, 0.2) is 48.5 Å². The molecule has 0 fully saturated rings. The second-order valence-electron chi connectivity index (χ2n) is 8.75. The van der Waals surface area contributed by atoms with E-state index in [1.54, 1.807) is 48.5 Å². The fourth-order valence-corrected chi connectivity index (χ4v) is 4.34. The molecule has 0 saturated carbocycles. The topological polar surface area (TPSA) is 207 Å². The van der Waals surface area contributed by atoms with Crippen molar-refractivity contribution in [2.24, 2.45) is 11.5 Å². The van der Waals surface area contributed by atoms with Crippen molar-refractivity contribution in [3.05, 3.63) is 65.2 Å². The van der Waals surface area contributed by atoms with E-state index in [1.165, 1.54) is 6.92 Å². The van der Waals surface area contributed by atoms with Crippen LogP contribution in [0.5, 0.6) is 5.75 Å². The largest absolute Gasteiger partial charge is 0.494 e. The number of nitrogens with one attached hydrogen (secondary N) is 4. The smallest absolute Gasteiger partial charge is 0.242 e. The second kappa shape index (κ2) is 14.8. The molecule has 212 valence electrons. The van der Waals surface area contributed by atoms with Crippen LogP contribution >= 0.6 is 0 Å². The van der Waals surface area contributed by atoms with Crippen LogP contribution in [0.1, 0.15) is 43.4 Å². The zero-order valence-corrected chi connectivity index (χ0v) is 22.8. The summed E-state index contributed by atoms with van der Waals surface area (Å²) in [7, 11) is -3.77. The number of hydrogen-bond donors (Lipinski definition) is 6. The highest BCUT2D eigenvalue weighted by molar-refractivity contribution is 7.89. The molecule has 2 aromatic rings. The number of nitrogens with two attached hydrogens (primary N) is 2. The molecule has 0 heterocycles. The quantitative estimate of drug-likeness (QED) is 0.125. The molecule has 0 radical (unpaired) electrons. The number of carbonyl (C=O) groups excluding carboxylic acids is 3. The first-order valence-corrected chi connectivity index (χ1v) is 14.1. The van der Waals surface area contributed by atoms with Gasteiger partial charge >= 0.3 is 0 Å². The van der Waals surface area contributed by atoms with Gasteiger partial charge in [-0.05, 0) is 49.9 Å². The van der Waals surface area contributed by atoms with E-state index in [-0.39, 0.29) is 37.4 Å². The second-order valence-corrected chi connectivity index (χ2v) is 10.8. The van der Waals surface area contributed by atoms with Crippen molar-refractivity contribution >= 4 is 33.6 Å². The Morgan fingerprint density at radius 3 is 2.08 bits per heavy atom. The Bertz CT molecular complexity index is 1250. The van der Waals surface area contributed by atoms with E-state index in [0.717, 1.165) is 5.56 Å². The van der Waals surface area contributed by atoms with Gasteiger partial charge in [0, 0.05) is 18.5 Å². The average molecular weight is 561 g/mol. The number of amidine groups is 1. The summed E-state index contributed by atoms with van der Waals surface area (Å²) < 4.78 is 32.5. The lowest BCUT2D eigenvalue weighted by atomic mass is 10.0. The zero-order chi connectivity index (χ0) is 29.0. The fourth-order valence-electron chi connectivity index (χ4n) is 3.55. The lowest BCUT2D eigenvalue weighted by Gasteiger charge is -2.23. The standard InChI is InChI=1S/C26H36N6O6S/c1-3-38-20-11-7-17(8-12-20)15-22(32-39(36,37)4-2)26(35)31-21(13-14-23(27)33)25(34)30-16-18-5-9-19(10-6-18)24(28)29/h5-12,21-22,32H,3-4,13-16H2,1-2H3,(H2,27,33)(H3,28,29)(H,30,34)(H,31,35)/t21-,22+/m0/s1. The predicted molar refractivity (Wildman–Crippen MR) is 147 cm³/mol. The zero-order valence-electron chi connectivity index (χ0n) is 22.0. The minimum Gasteiger partial charge on any atom is -0.494 e. The maximum absolute atomic E-state index is 13.3. The van der Waals surface area contributed by atoms with E-state index in [4.69, 9.17) is 21.6 Å². The number of nitrogen functional groups attached to an aromatic ring is 1. The van der Waals surface area contributed by atoms with Crippen molar-refractivity contribution < 1.29 is 27.5 Å². The first-order valence-electron chi connectivity index (χ1n) is 12.5. The van der Waals surface area contributed by atoms with Gasteiger partial charge in [-0.15, -0.1) is 0 Å². The van der Waals surface area contributed by atoms with Gasteiger partial charge in [-0.2, -0.15) is 0 Å². The number of ether oxygens (including phenoxy) is 1. The minimum absolute atomic E-state index is 0.0180. The molecule has 0 saturated heterocycles. The third kappa shape index (κ3) is 10.7. The van der Waals surface area contributed by atoms with Gasteiger partial charge in [0.1, 0.15) is 23.7 Å². The number of rotatable bonds is 16. The van der Waals surface area contributed by atoms with Crippen LogP contribution in [0.2, 0.25) is 0 Å². The average Bonchev–Trinajstić information content (AvgIpc) is 2.90. The summed E-state index contributed by atoms with van der Waals surface area (Å²) in [5.74, 6) is -1.64. The van der Waals surface area contributed by atoms with Gasteiger partial charge in [0.25, 0.3) is 0 Å². The van der Waals surface area contributed by atoms with E-state index in [1.807, 2.05) is 6.92 Å². The fraction of sp³-hybridized carbons (Fsp3) is 0.385. The molecular weight excluding hydrogens is 524 g/mol.